The van der Waals surface area contributed by atoms with Crippen molar-refractivity contribution in [1.29, 1.82) is 0 Å². The molecule has 124 valence electrons. The molecule has 0 fully saturated rings. The van der Waals surface area contributed by atoms with Gasteiger partial charge < -0.3 is 9.47 Å². The molecule has 24 heavy (non-hydrogen) atoms. The molecule has 1 atom stereocenters. The van der Waals surface area contributed by atoms with Gasteiger partial charge in [-0.25, -0.2) is 4.98 Å². The highest BCUT2D eigenvalue weighted by Crippen LogP contribution is 2.26. The Morgan fingerprint density at radius 1 is 1.12 bits per heavy atom. The van der Waals surface area contributed by atoms with Gasteiger partial charge in [0.2, 0.25) is 0 Å². The predicted octanol–water partition coefficient (Wildman–Crippen LogP) is 1.11. The van der Waals surface area contributed by atoms with Crippen LogP contribution in [0.1, 0.15) is 27.3 Å². The van der Waals surface area contributed by atoms with E-state index < -0.39 is 6.04 Å². The van der Waals surface area contributed by atoms with Crippen molar-refractivity contribution >= 4 is 23.4 Å². The number of hydrogen-bond donors (Lipinski definition) is 0. The number of aryl methyl sites for hydroxylation is 1. The summed E-state index contributed by atoms with van der Waals surface area (Å²) in [7, 11) is 4.81. The quantitative estimate of drug-likeness (QED) is 0.792. The zero-order valence-corrected chi connectivity index (χ0v) is 13.8. The smallest absolute Gasteiger partial charge is 0.274 e. The summed E-state index contributed by atoms with van der Waals surface area (Å²) < 4.78 is 1.58. The van der Waals surface area contributed by atoms with Crippen LogP contribution >= 0.6 is 0 Å². The summed E-state index contributed by atoms with van der Waals surface area (Å²) in [6.45, 7) is 0. The number of benzene rings is 1. The van der Waals surface area contributed by atoms with Crippen LogP contribution in [0.2, 0.25) is 0 Å². The molecule has 2 amide bonds. The van der Waals surface area contributed by atoms with Gasteiger partial charge in [-0.1, -0.05) is 30.3 Å². The first-order valence-electron chi connectivity index (χ1n) is 7.56. The van der Waals surface area contributed by atoms with Crippen LogP contribution < -0.4 is 4.90 Å². The molecule has 7 nitrogen and oxygen atoms in total. The number of rotatable bonds is 3. The van der Waals surface area contributed by atoms with Gasteiger partial charge in [-0.2, -0.15) is 0 Å². The Morgan fingerprint density at radius 2 is 1.79 bits per heavy atom. The number of anilines is 1. The number of carbonyl (C=O) groups is 3. The van der Waals surface area contributed by atoms with Gasteiger partial charge in [0, 0.05) is 33.1 Å². The van der Waals surface area contributed by atoms with E-state index in [0.29, 0.717) is 17.1 Å². The second kappa shape index (κ2) is 5.92. The monoisotopic (exact) mass is 326 g/mol. The molecule has 1 unspecified atom stereocenters. The molecule has 0 radical (unpaired) electrons. The van der Waals surface area contributed by atoms with Gasteiger partial charge in [-0.05, 0) is 0 Å². The van der Waals surface area contributed by atoms with Gasteiger partial charge in [-0.3, -0.25) is 19.3 Å². The first-order chi connectivity index (χ1) is 11.4. The molecule has 0 N–H and O–H groups in total. The van der Waals surface area contributed by atoms with E-state index in [-0.39, 0.29) is 24.0 Å². The zero-order valence-electron chi connectivity index (χ0n) is 13.8. The molecule has 0 saturated carbocycles. The van der Waals surface area contributed by atoms with Gasteiger partial charge >= 0.3 is 0 Å². The third kappa shape index (κ3) is 2.47. The van der Waals surface area contributed by atoms with Crippen LogP contribution in [0.4, 0.5) is 5.82 Å². The third-order valence-corrected chi connectivity index (χ3v) is 4.32. The molecule has 3 rings (SSSR count). The minimum atomic E-state index is -0.857. The van der Waals surface area contributed by atoms with Crippen molar-refractivity contribution in [3.05, 3.63) is 47.9 Å². The summed E-state index contributed by atoms with van der Waals surface area (Å²) >= 11 is 0. The summed E-state index contributed by atoms with van der Waals surface area (Å²) in [5.41, 5.74) is 0.858. The van der Waals surface area contributed by atoms with Crippen LogP contribution in [-0.2, 0) is 11.8 Å². The highest BCUT2D eigenvalue weighted by atomic mass is 16.2. The first-order valence-corrected chi connectivity index (χ1v) is 7.56. The molecule has 2 aromatic rings. The highest BCUT2D eigenvalue weighted by Gasteiger charge is 2.39. The van der Waals surface area contributed by atoms with E-state index in [4.69, 9.17) is 0 Å². The highest BCUT2D eigenvalue weighted by molar-refractivity contribution is 6.11. The number of amides is 2. The molecule has 1 aromatic carbocycles. The Balaban J connectivity index is 1.94. The normalized spacial score (nSPS) is 17.7. The average molecular weight is 326 g/mol. The third-order valence-electron chi connectivity index (χ3n) is 4.32. The van der Waals surface area contributed by atoms with E-state index in [2.05, 4.69) is 4.98 Å². The Hall–Kier alpha value is -2.96. The molecule has 2 heterocycles. The minimum Gasteiger partial charge on any atom is -0.328 e. The van der Waals surface area contributed by atoms with Crippen LogP contribution in [-0.4, -0.2) is 52.2 Å². The maximum atomic E-state index is 12.8. The molecule has 0 spiro atoms. The van der Waals surface area contributed by atoms with Crippen molar-refractivity contribution < 1.29 is 14.4 Å². The SMILES string of the molecule is CN1C(=O)C(CC(=O)c2ccccc2)N(C)C(=O)c2c1ncn2C. The molecular formula is C17H18N4O3. The fraction of sp³-hybridized carbons (Fsp3) is 0.294. The fourth-order valence-electron chi connectivity index (χ4n) is 2.85. The average Bonchev–Trinajstić information content (AvgIpc) is 2.96. The van der Waals surface area contributed by atoms with Crippen molar-refractivity contribution in [3.8, 4) is 0 Å². The lowest BCUT2D eigenvalue weighted by molar-refractivity contribution is -0.122. The molecule has 0 saturated heterocycles. The molecule has 1 aliphatic rings. The fourth-order valence-corrected chi connectivity index (χ4v) is 2.85. The summed E-state index contributed by atoms with van der Waals surface area (Å²) in [6.07, 6.45) is 1.43. The first kappa shape index (κ1) is 15.9. The van der Waals surface area contributed by atoms with Crippen LogP contribution in [0.15, 0.2) is 36.7 Å². The number of likely N-dealkylation sites (N-methyl/N-ethyl adjacent to an activating group) is 2. The van der Waals surface area contributed by atoms with Crippen LogP contribution in [0.5, 0.6) is 0 Å². The minimum absolute atomic E-state index is 0.0661. The molecule has 0 aliphatic carbocycles. The summed E-state index contributed by atoms with van der Waals surface area (Å²) in [4.78, 5) is 44.8. The number of hydrogen-bond acceptors (Lipinski definition) is 4. The molecule has 0 bridgehead atoms. The second-order valence-corrected chi connectivity index (χ2v) is 5.85. The lowest BCUT2D eigenvalue weighted by Gasteiger charge is -2.26. The predicted molar refractivity (Wildman–Crippen MR) is 87.9 cm³/mol. The number of aromatic nitrogens is 2. The largest absolute Gasteiger partial charge is 0.328 e. The van der Waals surface area contributed by atoms with Crippen molar-refractivity contribution in [3.63, 3.8) is 0 Å². The molecule has 1 aliphatic heterocycles. The van der Waals surface area contributed by atoms with E-state index >= 15 is 0 Å². The Labute approximate surface area is 139 Å². The summed E-state index contributed by atoms with van der Waals surface area (Å²) in [5.74, 6) is -0.518. The number of Topliss-reactive ketones (excluding diaryl/α,β-unsaturated/α-hetero) is 1. The van der Waals surface area contributed by atoms with Crippen molar-refractivity contribution in [2.24, 2.45) is 7.05 Å². The van der Waals surface area contributed by atoms with E-state index in [0.717, 1.165) is 0 Å². The van der Waals surface area contributed by atoms with Gasteiger partial charge in [-0.15, -0.1) is 0 Å². The number of carbonyl (C=O) groups excluding carboxylic acids is 3. The Morgan fingerprint density at radius 3 is 2.46 bits per heavy atom. The Kier molecular flexibility index (Phi) is 3.92. The van der Waals surface area contributed by atoms with Crippen LogP contribution in [0.25, 0.3) is 0 Å². The number of fused-ring (bicyclic) bond motifs is 1. The second-order valence-electron chi connectivity index (χ2n) is 5.85. The lowest BCUT2D eigenvalue weighted by atomic mass is 10.0. The van der Waals surface area contributed by atoms with E-state index in [1.54, 1.807) is 50.0 Å². The van der Waals surface area contributed by atoms with E-state index in [1.807, 2.05) is 6.07 Å². The summed E-state index contributed by atoms with van der Waals surface area (Å²) in [5, 5.41) is 0. The van der Waals surface area contributed by atoms with E-state index in [1.165, 1.54) is 16.1 Å². The van der Waals surface area contributed by atoms with Crippen LogP contribution in [0.3, 0.4) is 0 Å². The van der Waals surface area contributed by atoms with Crippen LogP contribution in [0, 0.1) is 0 Å². The number of imidazole rings is 1. The number of nitrogens with zero attached hydrogens (tertiary/aromatic N) is 4. The standard InChI is InChI=1S/C17H18N4O3/c1-19-10-18-15-14(19)17(24)20(2)12(16(23)21(15)3)9-13(22)11-7-5-4-6-8-11/h4-8,10,12H,9H2,1-3H3. The number of ketones is 1. The van der Waals surface area contributed by atoms with Crippen molar-refractivity contribution in [2.75, 3.05) is 19.0 Å². The van der Waals surface area contributed by atoms with Gasteiger partial charge in [0.1, 0.15) is 6.04 Å². The Bertz CT molecular complexity index is 812. The van der Waals surface area contributed by atoms with Crippen molar-refractivity contribution in [2.45, 2.75) is 12.5 Å². The topological polar surface area (TPSA) is 75.5 Å². The molecule has 7 heteroatoms. The van der Waals surface area contributed by atoms with Gasteiger partial charge in [0.15, 0.2) is 17.3 Å². The molecule has 1 aromatic heterocycles. The van der Waals surface area contributed by atoms with Crippen molar-refractivity contribution in [1.82, 2.24) is 14.5 Å². The maximum absolute atomic E-state index is 12.8. The zero-order chi connectivity index (χ0) is 17.4. The van der Waals surface area contributed by atoms with Gasteiger partial charge in [0.25, 0.3) is 11.8 Å². The van der Waals surface area contributed by atoms with Gasteiger partial charge in [0.05, 0.1) is 6.33 Å². The van der Waals surface area contributed by atoms with E-state index in [9.17, 15) is 14.4 Å². The maximum Gasteiger partial charge on any atom is 0.274 e. The lowest BCUT2D eigenvalue weighted by Crippen LogP contribution is -2.47. The summed E-state index contributed by atoms with van der Waals surface area (Å²) in [6, 6.07) is 7.89. The molecular weight excluding hydrogens is 308 g/mol.